The molecule has 2 rings (SSSR count). The summed E-state index contributed by atoms with van der Waals surface area (Å²) < 4.78 is 1.07. The zero-order valence-electron chi connectivity index (χ0n) is 11.4. The third-order valence-electron chi connectivity index (χ3n) is 3.21. The molecule has 1 unspecified atom stereocenters. The van der Waals surface area contributed by atoms with Crippen LogP contribution in [0, 0.1) is 3.57 Å². The summed E-state index contributed by atoms with van der Waals surface area (Å²) in [4.78, 5) is 9.38. The Hall–Kier alpha value is -1.17. The highest BCUT2D eigenvalue weighted by atomic mass is 127. The van der Waals surface area contributed by atoms with Crippen LogP contribution in [-0.2, 0) is 0 Å². The minimum absolute atomic E-state index is 0.367. The van der Waals surface area contributed by atoms with E-state index in [-0.39, 0.29) is 0 Å². The molecule has 100 valence electrons. The molecule has 0 bridgehead atoms. The fourth-order valence-corrected chi connectivity index (χ4v) is 2.64. The van der Waals surface area contributed by atoms with Crippen LogP contribution in [0.15, 0.2) is 30.3 Å². The van der Waals surface area contributed by atoms with Crippen LogP contribution < -0.4 is 5.32 Å². The first kappa shape index (κ1) is 14.2. The molecule has 0 fully saturated rings. The fourth-order valence-electron chi connectivity index (χ4n) is 1.82. The van der Waals surface area contributed by atoms with Crippen molar-refractivity contribution in [2.45, 2.75) is 26.2 Å². The van der Waals surface area contributed by atoms with E-state index in [1.807, 2.05) is 25.2 Å². The van der Waals surface area contributed by atoms with Gasteiger partial charge in [0.15, 0.2) is 0 Å². The Labute approximate surface area is 128 Å². The van der Waals surface area contributed by atoms with Gasteiger partial charge in [-0.3, -0.25) is 0 Å². The SMILES string of the molecule is CCC(C)c1nc(NC)c(I)c(-c2ccccc2)n1. The van der Waals surface area contributed by atoms with E-state index in [1.165, 1.54) is 0 Å². The molecular formula is C15H18IN3. The highest BCUT2D eigenvalue weighted by Gasteiger charge is 2.15. The molecular weight excluding hydrogens is 349 g/mol. The smallest absolute Gasteiger partial charge is 0.143 e. The zero-order chi connectivity index (χ0) is 13.8. The Kier molecular flexibility index (Phi) is 4.74. The van der Waals surface area contributed by atoms with Crippen molar-refractivity contribution < 1.29 is 0 Å². The Balaban J connectivity index is 2.59. The minimum atomic E-state index is 0.367. The number of nitrogens with one attached hydrogen (secondary N) is 1. The summed E-state index contributed by atoms with van der Waals surface area (Å²) in [5.41, 5.74) is 2.14. The van der Waals surface area contributed by atoms with Crippen molar-refractivity contribution in [3.05, 3.63) is 39.7 Å². The highest BCUT2D eigenvalue weighted by molar-refractivity contribution is 14.1. The van der Waals surface area contributed by atoms with E-state index in [0.29, 0.717) is 5.92 Å². The van der Waals surface area contributed by atoms with Crippen LogP contribution >= 0.6 is 22.6 Å². The standard InChI is InChI=1S/C15H18IN3/c1-4-10(2)14-18-13(11-8-6-5-7-9-11)12(16)15(17-3)19-14/h5-10H,4H2,1-3H3,(H,17,18,19). The molecule has 0 aliphatic rings. The summed E-state index contributed by atoms with van der Waals surface area (Å²) in [5.74, 6) is 2.18. The van der Waals surface area contributed by atoms with E-state index < -0.39 is 0 Å². The Bertz CT molecular complexity index is 555. The molecule has 1 atom stereocenters. The zero-order valence-corrected chi connectivity index (χ0v) is 13.6. The second-order valence-corrected chi connectivity index (χ2v) is 5.60. The maximum atomic E-state index is 4.76. The summed E-state index contributed by atoms with van der Waals surface area (Å²) in [6.07, 6.45) is 1.04. The molecule has 0 saturated carbocycles. The van der Waals surface area contributed by atoms with Gasteiger partial charge in [-0.2, -0.15) is 0 Å². The van der Waals surface area contributed by atoms with Crippen LogP contribution in [0.4, 0.5) is 5.82 Å². The summed E-state index contributed by atoms with van der Waals surface area (Å²) in [6.45, 7) is 4.32. The lowest BCUT2D eigenvalue weighted by Crippen LogP contribution is -2.07. The molecule has 0 aliphatic carbocycles. The molecule has 0 radical (unpaired) electrons. The van der Waals surface area contributed by atoms with Gasteiger partial charge in [-0.15, -0.1) is 0 Å². The molecule has 19 heavy (non-hydrogen) atoms. The monoisotopic (exact) mass is 367 g/mol. The van der Waals surface area contributed by atoms with Gasteiger partial charge in [-0.05, 0) is 29.0 Å². The molecule has 2 aromatic rings. The van der Waals surface area contributed by atoms with Crippen LogP contribution in [0.5, 0.6) is 0 Å². The average Bonchev–Trinajstić information content (AvgIpc) is 2.47. The van der Waals surface area contributed by atoms with E-state index in [1.54, 1.807) is 0 Å². The van der Waals surface area contributed by atoms with Gasteiger partial charge < -0.3 is 5.32 Å². The quantitative estimate of drug-likeness (QED) is 0.819. The van der Waals surface area contributed by atoms with E-state index in [4.69, 9.17) is 4.98 Å². The average molecular weight is 367 g/mol. The molecule has 0 saturated heterocycles. The molecule has 3 nitrogen and oxygen atoms in total. The maximum Gasteiger partial charge on any atom is 0.143 e. The Morgan fingerprint density at radius 3 is 2.47 bits per heavy atom. The van der Waals surface area contributed by atoms with Crippen LogP contribution in [-0.4, -0.2) is 17.0 Å². The third-order valence-corrected chi connectivity index (χ3v) is 4.23. The van der Waals surface area contributed by atoms with E-state index in [2.05, 4.69) is 58.9 Å². The fraction of sp³-hybridized carbons (Fsp3) is 0.333. The van der Waals surface area contributed by atoms with Crippen molar-refractivity contribution in [1.29, 1.82) is 0 Å². The lowest BCUT2D eigenvalue weighted by Gasteiger charge is -2.14. The molecule has 0 spiro atoms. The Morgan fingerprint density at radius 2 is 1.89 bits per heavy atom. The summed E-state index contributed by atoms with van der Waals surface area (Å²) in [5, 5.41) is 3.17. The predicted molar refractivity (Wildman–Crippen MR) is 88.4 cm³/mol. The minimum Gasteiger partial charge on any atom is -0.372 e. The number of hydrogen-bond acceptors (Lipinski definition) is 3. The van der Waals surface area contributed by atoms with Crippen LogP contribution in [0.3, 0.4) is 0 Å². The summed E-state index contributed by atoms with van der Waals surface area (Å²) in [6, 6.07) is 10.3. The molecule has 4 heteroatoms. The van der Waals surface area contributed by atoms with Crippen molar-refractivity contribution in [3.8, 4) is 11.3 Å². The number of nitrogens with zero attached hydrogens (tertiary/aromatic N) is 2. The summed E-state index contributed by atoms with van der Waals surface area (Å²) in [7, 11) is 1.90. The molecule has 1 heterocycles. The number of benzene rings is 1. The molecule has 1 aromatic heterocycles. The van der Waals surface area contributed by atoms with Crippen molar-refractivity contribution >= 4 is 28.4 Å². The normalized spacial score (nSPS) is 12.2. The van der Waals surface area contributed by atoms with Crippen LogP contribution in [0.2, 0.25) is 0 Å². The first-order valence-electron chi connectivity index (χ1n) is 6.48. The van der Waals surface area contributed by atoms with Gasteiger partial charge in [0.2, 0.25) is 0 Å². The van der Waals surface area contributed by atoms with E-state index in [0.717, 1.165) is 32.9 Å². The molecule has 1 aromatic carbocycles. The lowest BCUT2D eigenvalue weighted by atomic mass is 10.1. The van der Waals surface area contributed by atoms with Gasteiger partial charge in [-0.25, -0.2) is 9.97 Å². The number of aromatic nitrogens is 2. The van der Waals surface area contributed by atoms with Crippen LogP contribution in [0.1, 0.15) is 32.0 Å². The van der Waals surface area contributed by atoms with Crippen LogP contribution in [0.25, 0.3) is 11.3 Å². The maximum absolute atomic E-state index is 4.76. The van der Waals surface area contributed by atoms with Gasteiger partial charge in [0.05, 0.1) is 9.26 Å². The first-order chi connectivity index (χ1) is 9.17. The van der Waals surface area contributed by atoms with Crippen molar-refractivity contribution in [1.82, 2.24) is 9.97 Å². The molecule has 0 aliphatic heterocycles. The second-order valence-electron chi connectivity index (χ2n) is 4.52. The molecule has 0 amide bonds. The topological polar surface area (TPSA) is 37.8 Å². The third kappa shape index (κ3) is 3.05. The van der Waals surface area contributed by atoms with Gasteiger partial charge in [0.25, 0.3) is 0 Å². The van der Waals surface area contributed by atoms with Gasteiger partial charge in [-0.1, -0.05) is 44.2 Å². The largest absolute Gasteiger partial charge is 0.372 e. The Morgan fingerprint density at radius 1 is 1.21 bits per heavy atom. The van der Waals surface area contributed by atoms with Gasteiger partial charge >= 0.3 is 0 Å². The van der Waals surface area contributed by atoms with E-state index in [9.17, 15) is 0 Å². The predicted octanol–water partition coefficient (Wildman–Crippen LogP) is 4.30. The second kappa shape index (κ2) is 6.32. The summed E-state index contributed by atoms with van der Waals surface area (Å²) >= 11 is 2.31. The number of anilines is 1. The lowest BCUT2D eigenvalue weighted by molar-refractivity contribution is 0.679. The van der Waals surface area contributed by atoms with Crippen molar-refractivity contribution in [2.75, 3.05) is 12.4 Å². The number of halogens is 1. The first-order valence-corrected chi connectivity index (χ1v) is 7.55. The van der Waals surface area contributed by atoms with Gasteiger partial charge in [0, 0.05) is 18.5 Å². The van der Waals surface area contributed by atoms with Crippen molar-refractivity contribution in [3.63, 3.8) is 0 Å². The van der Waals surface area contributed by atoms with Crippen molar-refractivity contribution in [2.24, 2.45) is 0 Å². The number of rotatable bonds is 4. The highest BCUT2D eigenvalue weighted by Crippen LogP contribution is 2.29. The number of hydrogen-bond donors (Lipinski definition) is 1. The molecule has 1 N–H and O–H groups in total. The van der Waals surface area contributed by atoms with Gasteiger partial charge in [0.1, 0.15) is 11.6 Å². The van der Waals surface area contributed by atoms with E-state index >= 15 is 0 Å².